The summed E-state index contributed by atoms with van der Waals surface area (Å²) in [5.41, 5.74) is 5.03. The minimum absolute atomic E-state index is 0.00289. The lowest BCUT2D eigenvalue weighted by atomic mass is 9.75. The normalized spacial score (nSPS) is 18.3. The Kier molecular flexibility index (Phi) is 4.38. The van der Waals surface area contributed by atoms with E-state index in [1.807, 2.05) is 7.05 Å². The van der Waals surface area contributed by atoms with Gasteiger partial charge in [-0.3, -0.25) is 4.79 Å². The molecular weight excluding hydrogens is 246 g/mol. The lowest BCUT2D eigenvalue weighted by molar-refractivity contribution is -0.138. The Bertz CT molecular complexity index is 348. The van der Waals surface area contributed by atoms with Gasteiger partial charge in [-0.1, -0.05) is 12.2 Å². The molecule has 0 atom stereocenters. The molecule has 1 rings (SSSR count). The molecule has 0 aromatic heterocycles. The lowest BCUT2D eigenvalue weighted by Gasteiger charge is -2.49. The monoisotopic (exact) mass is 271 g/mol. The van der Waals surface area contributed by atoms with E-state index in [9.17, 15) is 4.79 Å². The molecule has 0 heterocycles. The van der Waals surface area contributed by atoms with Gasteiger partial charge in [-0.25, -0.2) is 0 Å². The van der Waals surface area contributed by atoms with Crippen LogP contribution >= 0.6 is 12.2 Å². The van der Waals surface area contributed by atoms with Crippen molar-refractivity contribution in [2.45, 2.75) is 38.6 Å². The summed E-state index contributed by atoms with van der Waals surface area (Å²) < 4.78 is 0. The zero-order valence-corrected chi connectivity index (χ0v) is 12.9. The van der Waals surface area contributed by atoms with Crippen molar-refractivity contribution in [1.29, 1.82) is 0 Å². The Morgan fingerprint density at radius 1 is 1.33 bits per heavy atom. The summed E-state index contributed by atoms with van der Waals surface area (Å²) >= 11 is 4.98. The molecule has 5 heteroatoms. The Hall–Kier alpha value is -0.680. The maximum Gasteiger partial charge on any atom is 0.234 e. The molecule has 18 heavy (non-hydrogen) atoms. The van der Waals surface area contributed by atoms with E-state index in [0.29, 0.717) is 0 Å². The lowest BCUT2D eigenvalue weighted by Crippen LogP contribution is -2.59. The van der Waals surface area contributed by atoms with Gasteiger partial charge in [0.05, 0.1) is 10.4 Å². The molecule has 2 N–H and O–H groups in total. The number of hydrogen-bond acceptors (Lipinski definition) is 3. The van der Waals surface area contributed by atoms with E-state index in [2.05, 4.69) is 19.0 Å². The molecule has 0 aliphatic heterocycles. The van der Waals surface area contributed by atoms with Gasteiger partial charge < -0.3 is 15.5 Å². The number of hydrogen-bond donors (Lipinski definition) is 1. The molecule has 1 amide bonds. The van der Waals surface area contributed by atoms with Gasteiger partial charge in [0, 0.05) is 19.1 Å². The first-order chi connectivity index (χ1) is 8.13. The van der Waals surface area contributed by atoms with Gasteiger partial charge in [0.15, 0.2) is 0 Å². The van der Waals surface area contributed by atoms with Crippen molar-refractivity contribution in [1.82, 2.24) is 9.80 Å². The maximum atomic E-state index is 12.4. The van der Waals surface area contributed by atoms with E-state index >= 15 is 0 Å². The van der Waals surface area contributed by atoms with Gasteiger partial charge in [-0.2, -0.15) is 0 Å². The fourth-order valence-corrected chi connectivity index (χ4v) is 2.51. The van der Waals surface area contributed by atoms with Gasteiger partial charge in [-0.15, -0.1) is 0 Å². The second kappa shape index (κ2) is 5.13. The number of nitrogens with zero attached hydrogens (tertiary/aromatic N) is 2. The number of rotatable bonds is 5. The number of carbonyl (C=O) groups is 1. The third-order valence-electron chi connectivity index (χ3n) is 4.26. The van der Waals surface area contributed by atoms with Crippen molar-refractivity contribution in [2.75, 3.05) is 27.7 Å². The Labute approximate surface area is 115 Å². The minimum Gasteiger partial charge on any atom is -0.392 e. The summed E-state index contributed by atoms with van der Waals surface area (Å²) in [5, 5.41) is 0. The van der Waals surface area contributed by atoms with E-state index in [4.69, 9.17) is 18.0 Å². The molecule has 1 fully saturated rings. The van der Waals surface area contributed by atoms with Crippen LogP contribution in [0.2, 0.25) is 0 Å². The highest BCUT2D eigenvalue weighted by molar-refractivity contribution is 7.80. The van der Waals surface area contributed by atoms with E-state index in [1.165, 1.54) is 6.42 Å². The number of nitrogens with two attached hydrogens (primary N) is 1. The highest BCUT2D eigenvalue weighted by Crippen LogP contribution is 2.37. The zero-order chi connectivity index (χ0) is 14.1. The first-order valence-electron chi connectivity index (χ1n) is 6.36. The standard InChI is InChI=1S/C13H25N3OS/c1-12(2,10(14)18)11(17)16(5)9-13(15(3)4)7-6-8-13/h6-9H2,1-5H3,(H2,14,18). The molecule has 1 saturated carbocycles. The summed E-state index contributed by atoms with van der Waals surface area (Å²) in [6, 6.07) is 0. The highest BCUT2D eigenvalue weighted by atomic mass is 32.1. The topological polar surface area (TPSA) is 49.6 Å². The highest BCUT2D eigenvalue weighted by Gasteiger charge is 2.43. The van der Waals surface area contributed by atoms with Gasteiger partial charge in [0.25, 0.3) is 0 Å². The van der Waals surface area contributed by atoms with Crippen LogP contribution in [0.15, 0.2) is 0 Å². The van der Waals surface area contributed by atoms with Crippen LogP contribution in [0, 0.1) is 5.41 Å². The van der Waals surface area contributed by atoms with Crippen LogP contribution in [-0.4, -0.2) is 53.9 Å². The van der Waals surface area contributed by atoms with Gasteiger partial charge >= 0.3 is 0 Å². The Morgan fingerprint density at radius 2 is 1.83 bits per heavy atom. The molecule has 0 saturated heterocycles. The van der Waals surface area contributed by atoms with Crippen LogP contribution in [-0.2, 0) is 4.79 Å². The molecule has 1 aliphatic carbocycles. The van der Waals surface area contributed by atoms with E-state index in [1.54, 1.807) is 18.7 Å². The quantitative estimate of drug-likeness (QED) is 0.764. The maximum absolute atomic E-state index is 12.4. The molecule has 0 bridgehead atoms. The van der Waals surface area contributed by atoms with Crippen molar-refractivity contribution in [3.8, 4) is 0 Å². The van der Waals surface area contributed by atoms with Crippen LogP contribution in [0.25, 0.3) is 0 Å². The van der Waals surface area contributed by atoms with Gasteiger partial charge in [-0.05, 0) is 47.2 Å². The number of carbonyl (C=O) groups excluding carboxylic acids is 1. The third kappa shape index (κ3) is 2.67. The second-order valence-electron chi connectivity index (χ2n) is 6.12. The van der Waals surface area contributed by atoms with Crippen molar-refractivity contribution in [2.24, 2.45) is 11.1 Å². The first kappa shape index (κ1) is 15.4. The molecule has 4 nitrogen and oxygen atoms in total. The average molecular weight is 271 g/mol. The van der Waals surface area contributed by atoms with Gasteiger partial charge in [0.2, 0.25) is 5.91 Å². The van der Waals surface area contributed by atoms with Crippen LogP contribution in [0.4, 0.5) is 0 Å². The molecule has 0 unspecified atom stereocenters. The largest absolute Gasteiger partial charge is 0.392 e. The molecule has 1 aliphatic rings. The van der Waals surface area contributed by atoms with Crippen LogP contribution < -0.4 is 5.73 Å². The smallest absolute Gasteiger partial charge is 0.234 e. The van der Waals surface area contributed by atoms with Crippen molar-refractivity contribution >= 4 is 23.1 Å². The predicted octanol–water partition coefficient (Wildman–Crippen LogP) is 1.24. The molecule has 0 aromatic rings. The predicted molar refractivity (Wildman–Crippen MR) is 78.5 cm³/mol. The molecule has 0 spiro atoms. The van der Waals surface area contributed by atoms with Crippen LogP contribution in [0.5, 0.6) is 0 Å². The van der Waals surface area contributed by atoms with Crippen LogP contribution in [0.3, 0.4) is 0 Å². The summed E-state index contributed by atoms with van der Waals surface area (Å²) in [4.78, 5) is 16.6. The van der Waals surface area contributed by atoms with E-state index in [0.717, 1.165) is 19.4 Å². The van der Waals surface area contributed by atoms with Crippen molar-refractivity contribution in [3.63, 3.8) is 0 Å². The van der Waals surface area contributed by atoms with E-state index in [-0.39, 0.29) is 16.4 Å². The number of likely N-dealkylation sites (N-methyl/N-ethyl adjacent to an activating group) is 2. The Balaban J connectivity index is 2.74. The first-order valence-corrected chi connectivity index (χ1v) is 6.77. The molecule has 0 radical (unpaired) electrons. The zero-order valence-electron chi connectivity index (χ0n) is 12.1. The molecule has 0 aromatic carbocycles. The van der Waals surface area contributed by atoms with Gasteiger partial charge in [0.1, 0.15) is 0 Å². The third-order valence-corrected chi connectivity index (χ3v) is 4.77. The Morgan fingerprint density at radius 3 is 2.11 bits per heavy atom. The second-order valence-corrected chi connectivity index (χ2v) is 6.56. The SMILES string of the molecule is CN(CC1(N(C)C)CCC1)C(=O)C(C)(C)C(N)=S. The summed E-state index contributed by atoms with van der Waals surface area (Å²) in [6.45, 7) is 4.32. The fourth-order valence-electron chi connectivity index (χ4n) is 2.43. The average Bonchev–Trinajstić information content (AvgIpc) is 2.20. The fraction of sp³-hybridized carbons (Fsp3) is 0.846. The number of amides is 1. The number of thiocarbonyl (C=S) groups is 1. The molecule has 104 valence electrons. The van der Waals surface area contributed by atoms with E-state index < -0.39 is 5.41 Å². The summed E-state index contributed by atoms with van der Waals surface area (Å²) in [5.74, 6) is 0.00289. The van der Waals surface area contributed by atoms with Crippen LogP contribution in [0.1, 0.15) is 33.1 Å². The summed E-state index contributed by atoms with van der Waals surface area (Å²) in [7, 11) is 6.00. The molecular formula is C13H25N3OS. The van der Waals surface area contributed by atoms with Crippen molar-refractivity contribution in [3.05, 3.63) is 0 Å². The van der Waals surface area contributed by atoms with Crippen molar-refractivity contribution < 1.29 is 4.79 Å². The minimum atomic E-state index is -0.763. The summed E-state index contributed by atoms with van der Waals surface area (Å²) in [6.07, 6.45) is 3.52.